The summed E-state index contributed by atoms with van der Waals surface area (Å²) in [6.45, 7) is 1.98. The Kier molecular flexibility index (Phi) is 4.90. The molecule has 1 atom stereocenters. The van der Waals surface area contributed by atoms with Crippen LogP contribution in [0.25, 0.3) is 10.8 Å². The first-order valence-electron chi connectivity index (χ1n) is 8.04. The number of rotatable bonds is 4. The number of carbonyl (C=O) groups excluding carboxylic acids is 1. The largest absolute Gasteiger partial charge is 0.497 e. The maximum atomic E-state index is 12.4. The molecule has 0 aromatic heterocycles. The molecule has 6 heteroatoms. The van der Waals surface area contributed by atoms with Gasteiger partial charge in [-0.15, -0.1) is 0 Å². The van der Waals surface area contributed by atoms with Gasteiger partial charge >= 0.3 is 5.97 Å². The van der Waals surface area contributed by atoms with Gasteiger partial charge in [0.2, 0.25) is 0 Å². The molecule has 2 aromatic rings. The molecule has 0 spiro atoms. The van der Waals surface area contributed by atoms with Crippen LogP contribution in [0.2, 0.25) is 0 Å². The Balaban J connectivity index is 2.10. The van der Waals surface area contributed by atoms with Crippen LogP contribution in [0.1, 0.15) is 24.9 Å². The van der Waals surface area contributed by atoms with Crippen LogP contribution in [0, 0.1) is 0 Å². The summed E-state index contributed by atoms with van der Waals surface area (Å²) in [5.74, 6) is 0.448. The minimum absolute atomic E-state index is 0.345. The molecule has 0 bridgehead atoms. The van der Waals surface area contributed by atoms with Gasteiger partial charge in [-0.2, -0.15) is 0 Å². The highest BCUT2D eigenvalue weighted by Gasteiger charge is 2.31. The Bertz CT molecular complexity index is 876. The van der Waals surface area contributed by atoms with Crippen molar-refractivity contribution in [3.05, 3.63) is 53.2 Å². The van der Waals surface area contributed by atoms with Gasteiger partial charge in [0, 0.05) is 5.70 Å². The van der Waals surface area contributed by atoms with E-state index in [0.717, 1.165) is 27.8 Å². The van der Waals surface area contributed by atoms with Gasteiger partial charge in [-0.3, -0.25) is 0 Å². The minimum Gasteiger partial charge on any atom is -0.497 e. The number of fused-ring (bicyclic) bond motifs is 1. The highest BCUT2D eigenvalue weighted by Crippen LogP contribution is 2.31. The molecule has 2 N–H and O–H groups in total. The smallest absolute Gasteiger partial charge is 0.337 e. The van der Waals surface area contributed by atoms with Gasteiger partial charge < -0.3 is 20.1 Å². The van der Waals surface area contributed by atoms with Crippen molar-refractivity contribution in [1.29, 1.82) is 0 Å². The quantitative estimate of drug-likeness (QED) is 0.648. The van der Waals surface area contributed by atoms with Crippen LogP contribution in [0.4, 0.5) is 0 Å². The summed E-state index contributed by atoms with van der Waals surface area (Å²) < 4.78 is 10.3. The Morgan fingerprint density at radius 3 is 2.56 bits per heavy atom. The van der Waals surface area contributed by atoms with E-state index in [1.807, 2.05) is 37.3 Å². The zero-order valence-corrected chi connectivity index (χ0v) is 15.2. The minimum atomic E-state index is -0.362. The van der Waals surface area contributed by atoms with E-state index in [4.69, 9.17) is 21.7 Å². The van der Waals surface area contributed by atoms with E-state index in [1.165, 1.54) is 7.11 Å². The molecule has 0 saturated heterocycles. The van der Waals surface area contributed by atoms with Crippen LogP contribution in [-0.2, 0) is 9.53 Å². The summed E-state index contributed by atoms with van der Waals surface area (Å²) in [7, 11) is 3.04. The number of hydrogen-bond donors (Lipinski definition) is 2. The van der Waals surface area contributed by atoms with E-state index >= 15 is 0 Å². The molecule has 1 aliphatic heterocycles. The average Bonchev–Trinajstić information content (AvgIpc) is 2.65. The summed E-state index contributed by atoms with van der Waals surface area (Å²) in [6.07, 6.45) is 0.660. The summed E-state index contributed by atoms with van der Waals surface area (Å²) >= 11 is 5.31. The third kappa shape index (κ3) is 3.30. The van der Waals surface area contributed by atoms with E-state index in [1.54, 1.807) is 7.11 Å². The molecule has 0 amide bonds. The van der Waals surface area contributed by atoms with Gasteiger partial charge in [0.15, 0.2) is 5.11 Å². The van der Waals surface area contributed by atoms with Gasteiger partial charge in [-0.05, 0) is 53.2 Å². The van der Waals surface area contributed by atoms with Gasteiger partial charge in [0.05, 0.1) is 25.8 Å². The van der Waals surface area contributed by atoms with Crippen LogP contribution in [-0.4, -0.2) is 25.3 Å². The second-order valence-electron chi connectivity index (χ2n) is 5.74. The number of hydrogen-bond acceptors (Lipinski definition) is 4. The Hall–Kier alpha value is -2.60. The number of nitrogens with one attached hydrogen (secondary N) is 2. The first kappa shape index (κ1) is 17.2. The Morgan fingerprint density at radius 2 is 1.88 bits per heavy atom. The fourth-order valence-electron chi connectivity index (χ4n) is 3.05. The number of allylic oxidation sites excluding steroid dienone is 1. The Labute approximate surface area is 152 Å². The highest BCUT2D eigenvalue weighted by molar-refractivity contribution is 7.80. The average molecular weight is 356 g/mol. The molecule has 25 heavy (non-hydrogen) atoms. The summed E-state index contributed by atoms with van der Waals surface area (Å²) in [6, 6.07) is 11.6. The molecule has 0 aliphatic carbocycles. The molecular weight excluding hydrogens is 336 g/mol. The van der Waals surface area contributed by atoms with Gasteiger partial charge in [0.1, 0.15) is 5.75 Å². The molecule has 0 unspecified atom stereocenters. The zero-order valence-electron chi connectivity index (χ0n) is 14.4. The topological polar surface area (TPSA) is 59.6 Å². The van der Waals surface area contributed by atoms with E-state index in [2.05, 4.69) is 16.7 Å². The molecule has 130 valence electrons. The van der Waals surface area contributed by atoms with Crippen molar-refractivity contribution in [2.24, 2.45) is 0 Å². The molecule has 0 saturated carbocycles. The second kappa shape index (κ2) is 7.11. The highest BCUT2D eigenvalue weighted by atomic mass is 32.1. The number of carbonyl (C=O) groups is 1. The fraction of sp³-hybridized carbons (Fsp3) is 0.263. The predicted octanol–water partition coefficient (Wildman–Crippen LogP) is 3.20. The lowest BCUT2D eigenvalue weighted by molar-refractivity contribution is -0.136. The summed E-state index contributed by atoms with van der Waals surface area (Å²) in [5, 5.41) is 8.89. The molecule has 0 radical (unpaired) electrons. The number of ether oxygens (including phenoxy) is 2. The monoisotopic (exact) mass is 356 g/mol. The van der Waals surface area contributed by atoms with E-state index < -0.39 is 0 Å². The Morgan fingerprint density at radius 1 is 1.16 bits per heavy atom. The lowest BCUT2D eigenvalue weighted by atomic mass is 9.93. The van der Waals surface area contributed by atoms with Crippen molar-refractivity contribution < 1.29 is 14.3 Å². The van der Waals surface area contributed by atoms with Crippen molar-refractivity contribution in [2.45, 2.75) is 19.4 Å². The van der Waals surface area contributed by atoms with E-state index in [9.17, 15) is 4.79 Å². The fourth-order valence-corrected chi connectivity index (χ4v) is 3.29. The van der Waals surface area contributed by atoms with Crippen molar-refractivity contribution in [3.63, 3.8) is 0 Å². The molecule has 0 fully saturated rings. The van der Waals surface area contributed by atoms with Gasteiger partial charge in [-0.1, -0.05) is 25.1 Å². The zero-order chi connectivity index (χ0) is 18.0. The maximum Gasteiger partial charge on any atom is 0.337 e. The third-order valence-corrected chi connectivity index (χ3v) is 4.54. The van der Waals surface area contributed by atoms with Crippen LogP contribution in [0.5, 0.6) is 5.75 Å². The van der Waals surface area contributed by atoms with Gasteiger partial charge in [0.25, 0.3) is 0 Å². The van der Waals surface area contributed by atoms with Crippen molar-refractivity contribution >= 4 is 34.1 Å². The van der Waals surface area contributed by atoms with Gasteiger partial charge in [-0.25, -0.2) is 4.79 Å². The number of benzene rings is 2. The number of esters is 1. The summed E-state index contributed by atoms with van der Waals surface area (Å²) in [5.41, 5.74) is 2.30. The van der Waals surface area contributed by atoms with Crippen molar-refractivity contribution in [1.82, 2.24) is 10.6 Å². The molecule has 1 heterocycles. The lowest BCUT2D eigenvalue weighted by Gasteiger charge is -2.30. The standard InChI is InChI=1S/C19H20N2O3S/c1-4-15-16(18(22)24-3)17(21-19(25)20-15)13-6-5-12-10-14(23-2)8-7-11(12)9-13/h5-10,17H,4H2,1-3H3,(H2,20,21,25)/t17-/m1/s1. The first-order valence-corrected chi connectivity index (χ1v) is 8.44. The third-order valence-electron chi connectivity index (χ3n) is 4.32. The molecular formula is C19H20N2O3S. The molecule has 2 aromatic carbocycles. The van der Waals surface area contributed by atoms with Crippen molar-refractivity contribution in [3.8, 4) is 5.75 Å². The van der Waals surface area contributed by atoms with Crippen LogP contribution in [0.3, 0.4) is 0 Å². The summed E-state index contributed by atoms with van der Waals surface area (Å²) in [4.78, 5) is 12.4. The normalized spacial score (nSPS) is 17.1. The molecule has 3 rings (SSSR count). The number of methoxy groups -OCH3 is 2. The maximum absolute atomic E-state index is 12.4. The van der Waals surface area contributed by atoms with Crippen LogP contribution >= 0.6 is 12.2 Å². The van der Waals surface area contributed by atoms with Crippen molar-refractivity contribution in [2.75, 3.05) is 14.2 Å². The molecule has 5 nitrogen and oxygen atoms in total. The first-order chi connectivity index (χ1) is 12.1. The second-order valence-corrected chi connectivity index (χ2v) is 6.15. The van der Waals surface area contributed by atoms with E-state index in [-0.39, 0.29) is 12.0 Å². The predicted molar refractivity (Wildman–Crippen MR) is 101 cm³/mol. The SMILES string of the molecule is CCC1=C(C(=O)OC)[C@@H](c2ccc3cc(OC)ccc3c2)NC(=S)N1. The van der Waals surface area contributed by atoms with E-state index in [0.29, 0.717) is 17.1 Å². The molecule has 1 aliphatic rings. The number of thiocarbonyl (C=S) groups is 1. The lowest BCUT2D eigenvalue weighted by Crippen LogP contribution is -2.45. The van der Waals surface area contributed by atoms with Crippen LogP contribution in [0.15, 0.2) is 47.7 Å². The van der Waals surface area contributed by atoms with Crippen LogP contribution < -0.4 is 15.4 Å².